The van der Waals surface area contributed by atoms with Crippen molar-refractivity contribution in [3.63, 3.8) is 0 Å². The molecule has 102 valence electrons. The van der Waals surface area contributed by atoms with Gasteiger partial charge >= 0.3 is 6.09 Å². The molecule has 0 N–H and O–H groups in total. The van der Waals surface area contributed by atoms with Gasteiger partial charge in [0.2, 0.25) is 0 Å². The Balaban J connectivity index is 2.01. The van der Waals surface area contributed by atoms with Crippen LogP contribution in [0.4, 0.5) is 4.79 Å². The Kier molecular flexibility index (Phi) is 3.43. The summed E-state index contributed by atoms with van der Waals surface area (Å²) >= 11 is 0. The average molecular weight is 251 g/mol. The first-order chi connectivity index (χ1) is 8.35. The number of ether oxygens (including phenoxy) is 1. The van der Waals surface area contributed by atoms with Crippen LogP contribution in [0.2, 0.25) is 0 Å². The van der Waals surface area contributed by atoms with Crippen molar-refractivity contribution in [1.29, 1.82) is 0 Å². The predicted molar refractivity (Wildman–Crippen MR) is 72.4 cm³/mol. The molecule has 3 nitrogen and oxygen atoms in total. The molecule has 0 aromatic carbocycles. The smallest absolute Gasteiger partial charge is 0.410 e. The number of carbonyl (C=O) groups excluding carboxylic acids is 1. The Morgan fingerprint density at radius 3 is 2.61 bits per heavy atom. The summed E-state index contributed by atoms with van der Waals surface area (Å²) in [6, 6.07) is 0.286. The zero-order chi connectivity index (χ0) is 13.4. The Labute approximate surface area is 110 Å². The number of amides is 1. The number of rotatable bonds is 2. The molecule has 1 aliphatic carbocycles. The van der Waals surface area contributed by atoms with Crippen LogP contribution >= 0.6 is 0 Å². The molecule has 2 aliphatic rings. The second kappa shape index (κ2) is 4.60. The Morgan fingerprint density at radius 2 is 2.11 bits per heavy atom. The zero-order valence-corrected chi connectivity index (χ0v) is 11.9. The first-order valence-electron chi connectivity index (χ1n) is 6.96. The van der Waals surface area contributed by atoms with Gasteiger partial charge in [0, 0.05) is 12.6 Å². The van der Waals surface area contributed by atoms with Crippen LogP contribution in [0.15, 0.2) is 12.7 Å². The summed E-state index contributed by atoms with van der Waals surface area (Å²) in [5.41, 5.74) is 0.136. The minimum atomic E-state index is -0.412. The number of hydrogen-bond acceptors (Lipinski definition) is 2. The number of hydrogen-bond donors (Lipinski definition) is 0. The second-order valence-electron chi connectivity index (χ2n) is 6.81. The highest BCUT2D eigenvalue weighted by atomic mass is 16.6. The van der Waals surface area contributed by atoms with Gasteiger partial charge < -0.3 is 9.64 Å². The number of carbonyl (C=O) groups is 1. The largest absolute Gasteiger partial charge is 0.444 e. The molecule has 1 atom stereocenters. The molecule has 18 heavy (non-hydrogen) atoms. The number of nitrogens with zero attached hydrogens (tertiary/aromatic N) is 1. The maximum Gasteiger partial charge on any atom is 0.410 e. The minimum absolute atomic E-state index is 0.162. The second-order valence-corrected chi connectivity index (χ2v) is 6.81. The Bertz CT molecular complexity index is 339. The van der Waals surface area contributed by atoms with Crippen LogP contribution < -0.4 is 0 Å². The predicted octanol–water partition coefficient (Wildman–Crippen LogP) is 3.74. The maximum absolute atomic E-state index is 12.2. The molecule has 1 saturated heterocycles. The molecule has 0 radical (unpaired) electrons. The third-order valence-corrected chi connectivity index (χ3v) is 4.02. The highest BCUT2D eigenvalue weighted by Gasteiger charge is 2.49. The molecule has 3 heteroatoms. The van der Waals surface area contributed by atoms with Gasteiger partial charge in [-0.1, -0.05) is 6.08 Å². The van der Waals surface area contributed by atoms with Crippen LogP contribution in [0.3, 0.4) is 0 Å². The van der Waals surface area contributed by atoms with Gasteiger partial charge in [-0.15, -0.1) is 6.58 Å². The van der Waals surface area contributed by atoms with Crippen molar-refractivity contribution in [3.05, 3.63) is 12.7 Å². The van der Waals surface area contributed by atoms with Crippen LogP contribution in [0.5, 0.6) is 0 Å². The van der Waals surface area contributed by atoms with Gasteiger partial charge in [-0.05, 0) is 58.3 Å². The molecule has 1 aliphatic heterocycles. The third kappa shape index (κ3) is 3.06. The van der Waals surface area contributed by atoms with Crippen LogP contribution in [0.1, 0.15) is 52.9 Å². The molecule has 2 rings (SSSR count). The fourth-order valence-corrected chi connectivity index (χ4v) is 2.85. The first-order valence-corrected chi connectivity index (χ1v) is 6.96. The fraction of sp³-hybridized carbons (Fsp3) is 0.800. The van der Waals surface area contributed by atoms with E-state index >= 15 is 0 Å². The third-order valence-electron chi connectivity index (χ3n) is 4.02. The van der Waals surface area contributed by atoms with Gasteiger partial charge in [-0.25, -0.2) is 4.79 Å². The van der Waals surface area contributed by atoms with Gasteiger partial charge in [0.05, 0.1) is 0 Å². The molecule has 2 fully saturated rings. The lowest BCUT2D eigenvalue weighted by molar-refractivity contribution is 0.00323. The molecule has 1 heterocycles. The van der Waals surface area contributed by atoms with E-state index in [4.69, 9.17) is 4.74 Å². The zero-order valence-electron chi connectivity index (χ0n) is 11.9. The topological polar surface area (TPSA) is 29.5 Å². The van der Waals surface area contributed by atoms with Crippen LogP contribution in [0, 0.1) is 5.41 Å². The van der Waals surface area contributed by atoms with Crippen LogP contribution in [-0.2, 0) is 4.74 Å². The molecule has 0 bridgehead atoms. The van der Waals surface area contributed by atoms with Crippen molar-refractivity contribution in [2.45, 2.75) is 64.5 Å². The van der Waals surface area contributed by atoms with E-state index in [0.29, 0.717) is 5.41 Å². The highest BCUT2D eigenvalue weighted by Crippen LogP contribution is 2.55. The van der Waals surface area contributed by atoms with Crippen molar-refractivity contribution in [2.24, 2.45) is 5.41 Å². The molecular weight excluding hydrogens is 226 g/mol. The van der Waals surface area contributed by atoms with E-state index in [-0.39, 0.29) is 12.1 Å². The monoisotopic (exact) mass is 251 g/mol. The molecule has 1 amide bonds. The van der Waals surface area contributed by atoms with E-state index in [1.54, 1.807) is 0 Å². The molecule has 0 aromatic rings. The lowest BCUT2D eigenvalue weighted by Crippen LogP contribution is -2.48. The van der Waals surface area contributed by atoms with Crippen LogP contribution in [-0.4, -0.2) is 29.2 Å². The van der Waals surface area contributed by atoms with Crippen molar-refractivity contribution in [1.82, 2.24) is 4.90 Å². The van der Waals surface area contributed by atoms with E-state index < -0.39 is 5.60 Å². The Morgan fingerprint density at radius 1 is 1.44 bits per heavy atom. The summed E-state index contributed by atoms with van der Waals surface area (Å²) in [6.45, 7) is 10.4. The summed E-state index contributed by atoms with van der Waals surface area (Å²) in [4.78, 5) is 14.1. The van der Waals surface area contributed by atoms with Crippen molar-refractivity contribution in [3.8, 4) is 0 Å². The normalized spacial score (nSPS) is 25.9. The highest BCUT2D eigenvalue weighted by molar-refractivity contribution is 5.68. The van der Waals surface area contributed by atoms with Crippen molar-refractivity contribution < 1.29 is 9.53 Å². The SMILES string of the molecule is C=CCC1CC2(CCN1C(=O)OC(C)(C)C)CC2. The summed E-state index contributed by atoms with van der Waals surface area (Å²) < 4.78 is 5.50. The average Bonchev–Trinajstić information content (AvgIpc) is 2.95. The van der Waals surface area contributed by atoms with E-state index in [2.05, 4.69) is 6.58 Å². The lowest BCUT2D eigenvalue weighted by atomic mass is 9.87. The van der Waals surface area contributed by atoms with Gasteiger partial charge in [-0.2, -0.15) is 0 Å². The van der Waals surface area contributed by atoms with Gasteiger partial charge in [0.15, 0.2) is 0 Å². The van der Waals surface area contributed by atoms with Gasteiger partial charge in [0.1, 0.15) is 5.60 Å². The summed E-state index contributed by atoms with van der Waals surface area (Å²) in [6.07, 6.45) is 7.57. The first kappa shape index (κ1) is 13.4. The molecule has 1 unspecified atom stereocenters. The number of likely N-dealkylation sites (tertiary alicyclic amines) is 1. The van der Waals surface area contributed by atoms with Gasteiger partial charge in [0.25, 0.3) is 0 Å². The molecular formula is C15H25NO2. The Hall–Kier alpha value is -0.990. The summed E-state index contributed by atoms with van der Waals surface area (Å²) in [5, 5.41) is 0. The van der Waals surface area contributed by atoms with E-state index in [1.807, 2.05) is 31.7 Å². The summed E-state index contributed by atoms with van der Waals surface area (Å²) in [5.74, 6) is 0. The van der Waals surface area contributed by atoms with Crippen LogP contribution in [0.25, 0.3) is 0 Å². The van der Waals surface area contributed by atoms with Gasteiger partial charge in [-0.3, -0.25) is 0 Å². The number of piperidine rings is 1. The molecule has 0 aromatic heterocycles. The van der Waals surface area contributed by atoms with E-state index in [0.717, 1.165) is 25.8 Å². The quantitative estimate of drug-likeness (QED) is 0.700. The van der Waals surface area contributed by atoms with Crippen molar-refractivity contribution >= 4 is 6.09 Å². The summed E-state index contributed by atoms with van der Waals surface area (Å²) in [7, 11) is 0. The standard InChI is InChI=1S/C15H25NO2/c1-5-6-12-11-15(7-8-15)9-10-16(12)13(17)18-14(2,3)4/h5,12H,1,6-11H2,2-4H3. The minimum Gasteiger partial charge on any atom is -0.444 e. The van der Waals surface area contributed by atoms with E-state index in [9.17, 15) is 4.79 Å². The molecule has 1 saturated carbocycles. The van der Waals surface area contributed by atoms with E-state index in [1.165, 1.54) is 12.8 Å². The van der Waals surface area contributed by atoms with Crippen molar-refractivity contribution in [2.75, 3.05) is 6.54 Å². The fourth-order valence-electron chi connectivity index (χ4n) is 2.85. The maximum atomic E-state index is 12.2. The lowest BCUT2D eigenvalue weighted by Gasteiger charge is -2.40. The molecule has 1 spiro atoms.